The second-order valence-corrected chi connectivity index (χ2v) is 12.8. The molecular formula is C34H34BrF9N4O4. The zero-order chi connectivity index (χ0) is 38.4. The zero-order valence-electron chi connectivity index (χ0n) is 27.8. The lowest BCUT2D eigenvalue weighted by Crippen LogP contribution is -2.46. The van der Waals surface area contributed by atoms with Crippen molar-refractivity contribution in [3.8, 4) is 0 Å². The fraction of sp³-hybridized carbons (Fsp3) is 0.471. The minimum atomic E-state index is -5.06. The normalized spacial score (nSPS) is 16.3. The molecule has 0 fully saturated rings. The number of nitrogens with one attached hydrogen (secondary N) is 1. The minimum absolute atomic E-state index is 0.00189. The molecule has 0 saturated carbocycles. The molecule has 1 aromatic heterocycles. The van der Waals surface area contributed by atoms with Crippen molar-refractivity contribution in [1.82, 2.24) is 9.97 Å². The predicted molar refractivity (Wildman–Crippen MR) is 174 cm³/mol. The molecule has 8 nitrogen and oxygen atoms in total. The number of rotatable bonds is 12. The number of aromatic nitrogens is 2. The maximum Gasteiger partial charge on any atom is 0.416 e. The molecule has 0 radical (unpaired) electrons. The summed E-state index contributed by atoms with van der Waals surface area (Å²) in [5.41, 5.74) is -4.13. The van der Waals surface area contributed by atoms with Crippen molar-refractivity contribution in [3.63, 3.8) is 0 Å². The van der Waals surface area contributed by atoms with Gasteiger partial charge in [0.05, 0.1) is 51.8 Å². The van der Waals surface area contributed by atoms with Crippen molar-refractivity contribution in [2.24, 2.45) is 0 Å². The van der Waals surface area contributed by atoms with Crippen molar-refractivity contribution in [3.05, 3.63) is 80.6 Å². The second-order valence-electron chi connectivity index (χ2n) is 11.9. The summed E-state index contributed by atoms with van der Waals surface area (Å²) in [5.74, 6) is -0.500. The number of hydrogen-bond acceptors (Lipinski definition) is 7. The Morgan fingerprint density at radius 2 is 1.54 bits per heavy atom. The number of nitrogens with zero attached hydrogens (tertiary/aromatic N) is 3. The first-order chi connectivity index (χ1) is 24.3. The number of esters is 1. The van der Waals surface area contributed by atoms with Gasteiger partial charge in [0.25, 0.3) is 0 Å². The number of fused-ring (bicyclic) bond motifs is 1. The molecule has 1 N–H and O–H groups in total. The predicted octanol–water partition coefficient (Wildman–Crippen LogP) is 10.3. The summed E-state index contributed by atoms with van der Waals surface area (Å²) in [6.45, 7) is 3.73. The maximum atomic E-state index is 13.9. The highest BCUT2D eigenvalue weighted by Gasteiger charge is 2.40. The standard InChI is InChI=1S/C34H34BrF9N4O4/c1-3-23-17-26(46-30-45-18-25(35)27(47-30)14-19-12-21(33(39,40)41)15-22(13-19)34(42,43)44)24-16-20(32(36,37)38)9-10-28(24)48(23)31(50)52-11-7-5-6-8-29(49)51-4-2/h9-10,12-13,15-16,18,23,26H,3-8,11,14,17H2,1-2H3,(H,45,46,47)/t23-,26+/m1/s1. The number of alkyl halides is 9. The Morgan fingerprint density at radius 1 is 0.885 bits per heavy atom. The molecule has 0 bridgehead atoms. The van der Waals surface area contributed by atoms with Gasteiger partial charge in [0, 0.05) is 25.1 Å². The molecule has 1 amide bonds. The lowest BCUT2D eigenvalue weighted by atomic mass is 9.89. The third-order valence-electron chi connectivity index (χ3n) is 8.23. The van der Waals surface area contributed by atoms with Crippen LogP contribution in [0.5, 0.6) is 0 Å². The summed E-state index contributed by atoms with van der Waals surface area (Å²) in [6.07, 6.45) is -12.8. The fourth-order valence-electron chi connectivity index (χ4n) is 5.74. The summed E-state index contributed by atoms with van der Waals surface area (Å²) in [4.78, 5) is 34.6. The lowest BCUT2D eigenvalue weighted by Gasteiger charge is -2.40. The van der Waals surface area contributed by atoms with Crippen LogP contribution < -0.4 is 10.2 Å². The molecule has 52 heavy (non-hydrogen) atoms. The quantitative estimate of drug-likeness (QED) is 0.111. The van der Waals surface area contributed by atoms with Crippen molar-refractivity contribution in [2.75, 3.05) is 23.4 Å². The number of amides is 1. The molecular weight excluding hydrogens is 779 g/mol. The number of hydrogen-bond donors (Lipinski definition) is 1. The number of benzene rings is 2. The smallest absolute Gasteiger partial charge is 0.416 e. The summed E-state index contributed by atoms with van der Waals surface area (Å²) in [7, 11) is 0. The van der Waals surface area contributed by atoms with Crippen molar-refractivity contribution in [2.45, 2.75) is 89.4 Å². The van der Waals surface area contributed by atoms with E-state index in [1.807, 2.05) is 0 Å². The van der Waals surface area contributed by atoms with Gasteiger partial charge in [0.15, 0.2) is 0 Å². The number of ether oxygens (including phenoxy) is 2. The molecule has 18 heteroatoms. The van der Waals surface area contributed by atoms with Crippen LogP contribution in [0.25, 0.3) is 0 Å². The van der Waals surface area contributed by atoms with Gasteiger partial charge in [-0.1, -0.05) is 6.92 Å². The molecule has 4 rings (SSSR count). The van der Waals surface area contributed by atoms with Gasteiger partial charge in [0.1, 0.15) is 0 Å². The van der Waals surface area contributed by atoms with Crippen molar-refractivity contribution < 1.29 is 58.6 Å². The third kappa shape index (κ3) is 10.5. The van der Waals surface area contributed by atoms with E-state index in [0.29, 0.717) is 37.8 Å². The van der Waals surface area contributed by atoms with Gasteiger partial charge in [-0.3, -0.25) is 9.69 Å². The van der Waals surface area contributed by atoms with Gasteiger partial charge in [-0.25, -0.2) is 14.8 Å². The second kappa shape index (κ2) is 16.7. The Morgan fingerprint density at radius 3 is 2.13 bits per heavy atom. The number of unbranched alkanes of at least 4 members (excludes halogenated alkanes) is 2. The third-order valence-corrected chi connectivity index (χ3v) is 8.89. The van der Waals surface area contributed by atoms with Crippen molar-refractivity contribution in [1.29, 1.82) is 0 Å². The van der Waals surface area contributed by atoms with E-state index in [0.717, 1.165) is 18.2 Å². The van der Waals surface area contributed by atoms with E-state index in [4.69, 9.17) is 9.47 Å². The van der Waals surface area contributed by atoms with E-state index in [1.54, 1.807) is 13.8 Å². The van der Waals surface area contributed by atoms with Gasteiger partial charge >= 0.3 is 30.6 Å². The van der Waals surface area contributed by atoms with E-state index in [-0.39, 0.29) is 71.0 Å². The van der Waals surface area contributed by atoms with Crippen LogP contribution in [-0.4, -0.2) is 41.3 Å². The van der Waals surface area contributed by atoms with E-state index in [1.165, 1.54) is 11.1 Å². The van der Waals surface area contributed by atoms with Crippen LogP contribution in [0.3, 0.4) is 0 Å². The van der Waals surface area contributed by atoms with Crippen LogP contribution in [-0.2, 0) is 39.2 Å². The highest BCUT2D eigenvalue weighted by molar-refractivity contribution is 9.10. The molecule has 3 aromatic rings. The molecule has 284 valence electrons. The molecule has 2 atom stereocenters. The Balaban J connectivity index is 1.60. The van der Waals surface area contributed by atoms with Crippen LogP contribution in [0.4, 0.5) is 55.9 Å². The molecule has 0 saturated heterocycles. The molecule has 0 spiro atoms. The molecule has 2 aromatic carbocycles. The number of carbonyl (C=O) groups excluding carboxylic acids is 2. The first kappa shape index (κ1) is 40.7. The molecule has 0 unspecified atom stereocenters. The van der Waals surface area contributed by atoms with Gasteiger partial charge in [-0.05, 0) is 102 Å². The summed E-state index contributed by atoms with van der Waals surface area (Å²) >= 11 is 3.18. The van der Waals surface area contributed by atoms with Crippen molar-refractivity contribution >= 4 is 39.6 Å². The minimum Gasteiger partial charge on any atom is -0.466 e. The average Bonchev–Trinajstić information content (AvgIpc) is 3.06. The van der Waals surface area contributed by atoms with Gasteiger partial charge in [-0.2, -0.15) is 39.5 Å². The summed E-state index contributed by atoms with van der Waals surface area (Å²) in [6, 6.07) is 2.57. The van der Waals surface area contributed by atoms with E-state index in [9.17, 15) is 49.1 Å². The van der Waals surface area contributed by atoms with Crippen LogP contribution >= 0.6 is 15.9 Å². The highest BCUT2D eigenvalue weighted by Crippen LogP contribution is 2.43. The number of halogens is 10. The van der Waals surface area contributed by atoms with Gasteiger partial charge < -0.3 is 14.8 Å². The Hall–Kier alpha value is -4.09. The van der Waals surface area contributed by atoms with Gasteiger partial charge in [-0.15, -0.1) is 0 Å². The van der Waals surface area contributed by atoms with Crippen LogP contribution in [0.1, 0.15) is 91.9 Å². The fourth-order valence-corrected chi connectivity index (χ4v) is 6.07. The van der Waals surface area contributed by atoms with Gasteiger partial charge in [0.2, 0.25) is 5.95 Å². The first-order valence-electron chi connectivity index (χ1n) is 16.2. The average molecular weight is 814 g/mol. The van der Waals surface area contributed by atoms with E-state index < -0.39 is 59.8 Å². The molecule has 1 aliphatic heterocycles. The maximum absolute atomic E-state index is 13.9. The lowest BCUT2D eigenvalue weighted by molar-refractivity contribution is -0.144. The zero-order valence-corrected chi connectivity index (χ0v) is 29.4. The van der Waals surface area contributed by atoms with Crippen LogP contribution in [0, 0.1) is 0 Å². The van der Waals surface area contributed by atoms with Crippen LogP contribution in [0.2, 0.25) is 0 Å². The van der Waals surface area contributed by atoms with Crippen LogP contribution in [0.15, 0.2) is 47.1 Å². The highest BCUT2D eigenvalue weighted by atomic mass is 79.9. The summed E-state index contributed by atoms with van der Waals surface area (Å²) in [5, 5.41) is 2.96. The topological polar surface area (TPSA) is 93.7 Å². The van der Waals surface area contributed by atoms with E-state index in [2.05, 4.69) is 31.2 Å². The molecule has 1 aliphatic rings. The Kier molecular flexibility index (Phi) is 13.1. The SMILES string of the molecule is CCOC(=O)CCCCCOC(=O)N1c2ccc(C(F)(F)F)cc2[C@@H](Nc2ncc(Br)c(Cc3cc(C(F)(F)F)cc(C(F)(F)F)c3)n2)C[C@H]1CC. The Labute approximate surface area is 301 Å². The first-order valence-corrected chi connectivity index (χ1v) is 17.0. The number of carbonyl (C=O) groups is 2. The van der Waals surface area contributed by atoms with E-state index >= 15 is 0 Å². The monoisotopic (exact) mass is 812 g/mol. The summed E-state index contributed by atoms with van der Waals surface area (Å²) < 4.78 is 133. The number of anilines is 2. The molecule has 2 heterocycles. The molecule has 0 aliphatic carbocycles. The largest absolute Gasteiger partial charge is 0.466 e. The Bertz CT molecular complexity index is 1700.